The van der Waals surface area contributed by atoms with Crippen LogP contribution in [0.5, 0.6) is 5.75 Å². The second-order valence-corrected chi connectivity index (χ2v) is 8.10. The van der Waals surface area contributed by atoms with Crippen molar-refractivity contribution in [3.63, 3.8) is 0 Å². The molecule has 1 fully saturated rings. The highest BCUT2D eigenvalue weighted by Crippen LogP contribution is 2.28. The van der Waals surface area contributed by atoms with Crippen molar-refractivity contribution in [3.05, 3.63) is 53.9 Å². The van der Waals surface area contributed by atoms with Crippen molar-refractivity contribution >= 4 is 10.0 Å². The molecule has 1 aromatic heterocycles. The van der Waals surface area contributed by atoms with Gasteiger partial charge in [0.25, 0.3) is 0 Å². The third-order valence-electron chi connectivity index (χ3n) is 4.42. The predicted molar refractivity (Wildman–Crippen MR) is 96.0 cm³/mol. The maximum absolute atomic E-state index is 13.0. The van der Waals surface area contributed by atoms with Crippen LogP contribution in [0.2, 0.25) is 0 Å². The molecule has 0 bridgehead atoms. The normalized spacial score (nSPS) is 16.7. The summed E-state index contributed by atoms with van der Waals surface area (Å²) in [6.45, 7) is 5.05. The van der Waals surface area contributed by atoms with Gasteiger partial charge in [-0.15, -0.1) is 0 Å². The highest BCUT2D eigenvalue weighted by molar-refractivity contribution is 7.89. The number of rotatable bonds is 5. The fraction of sp³-hybridized carbons (Fsp3) is 0.389. The molecule has 0 amide bonds. The quantitative estimate of drug-likeness (QED) is 0.814. The number of hydrogen-bond acceptors (Lipinski definition) is 5. The zero-order valence-electron chi connectivity index (χ0n) is 14.6. The van der Waals surface area contributed by atoms with Crippen LogP contribution in [0.3, 0.4) is 0 Å². The first-order valence-corrected chi connectivity index (χ1v) is 9.71. The number of benzene rings is 1. The van der Waals surface area contributed by atoms with Crippen LogP contribution in [-0.4, -0.2) is 55.9 Å². The largest absolute Gasteiger partial charge is 0.495 e. The Morgan fingerprint density at radius 2 is 1.76 bits per heavy atom. The van der Waals surface area contributed by atoms with Gasteiger partial charge in [-0.05, 0) is 42.3 Å². The highest BCUT2D eigenvalue weighted by Gasteiger charge is 2.30. The summed E-state index contributed by atoms with van der Waals surface area (Å²) in [6, 6.07) is 9.21. The van der Waals surface area contributed by atoms with E-state index in [1.165, 1.54) is 12.7 Å². The van der Waals surface area contributed by atoms with Crippen LogP contribution in [0.15, 0.2) is 47.6 Å². The van der Waals surface area contributed by atoms with Gasteiger partial charge in [-0.25, -0.2) is 8.42 Å². The predicted octanol–water partition coefficient (Wildman–Crippen LogP) is 1.91. The Labute approximate surface area is 149 Å². The molecule has 1 aliphatic heterocycles. The van der Waals surface area contributed by atoms with Crippen LogP contribution in [0, 0.1) is 6.92 Å². The van der Waals surface area contributed by atoms with Gasteiger partial charge in [0.15, 0.2) is 0 Å². The maximum Gasteiger partial charge on any atom is 0.246 e. The first-order valence-electron chi connectivity index (χ1n) is 8.27. The molecule has 1 aromatic carbocycles. The smallest absolute Gasteiger partial charge is 0.246 e. The molecule has 0 radical (unpaired) electrons. The van der Waals surface area contributed by atoms with E-state index in [-0.39, 0.29) is 4.90 Å². The molecule has 6 nitrogen and oxygen atoms in total. The highest BCUT2D eigenvalue weighted by atomic mass is 32.2. The van der Waals surface area contributed by atoms with Gasteiger partial charge >= 0.3 is 0 Å². The number of methoxy groups -OCH3 is 1. The minimum Gasteiger partial charge on any atom is -0.495 e. The van der Waals surface area contributed by atoms with Gasteiger partial charge in [-0.2, -0.15) is 4.31 Å². The van der Waals surface area contributed by atoms with Crippen molar-refractivity contribution in [2.45, 2.75) is 18.4 Å². The lowest BCUT2D eigenvalue weighted by molar-refractivity contribution is 0.181. The van der Waals surface area contributed by atoms with Crippen molar-refractivity contribution in [1.82, 2.24) is 14.2 Å². The molecule has 0 unspecified atom stereocenters. The van der Waals surface area contributed by atoms with Gasteiger partial charge in [-0.1, -0.05) is 6.07 Å². The van der Waals surface area contributed by atoms with E-state index in [0.29, 0.717) is 31.9 Å². The Morgan fingerprint density at radius 1 is 1.08 bits per heavy atom. The Bertz CT molecular complexity index is 817. The number of aromatic nitrogens is 1. The average molecular weight is 361 g/mol. The SMILES string of the molecule is COc1ccc(C)cc1S(=O)(=O)N1CCN(Cc2ccncc2)CC1. The molecule has 2 aromatic rings. The number of piperazine rings is 1. The molecule has 0 saturated carbocycles. The molecule has 2 heterocycles. The maximum atomic E-state index is 13.0. The van der Waals surface area contributed by atoms with Crippen LogP contribution in [-0.2, 0) is 16.6 Å². The lowest BCUT2D eigenvalue weighted by atomic mass is 10.2. The van der Waals surface area contributed by atoms with Gasteiger partial charge in [0.1, 0.15) is 10.6 Å². The number of hydrogen-bond donors (Lipinski definition) is 0. The first-order chi connectivity index (χ1) is 12.0. The second kappa shape index (κ2) is 7.51. The van der Waals surface area contributed by atoms with Gasteiger partial charge in [0, 0.05) is 45.1 Å². The second-order valence-electron chi connectivity index (χ2n) is 6.19. The molecule has 7 heteroatoms. The first kappa shape index (κ1) is 17.8. The minimum atomic E-state index is -3.55. The van der Waals surface area contributed by atoms with Crippen molar-refractivity contribution < 1.29 is 13.2 Å². The Morgan fingerprint density at radius 3 is 2.40 bits per heavy atom. The summed E-state index contributed by atoms with van der Waals surface area (Å²) in [7, 11) is -2.06. The minimum absolute atomic E-state index is 0.248. The number of aryl methyl sites for hydroxylation is 1. The molecule has 1 aliphatic rings. The van der Waals surface area contributed by atoms with Gasteiger partial charge in [0.05, 0.1) is 7.11 Å². The number of nitrogens with zero attached hydrogens (tertiary/aromatic N) is 3. The van der Waals surface area contributed by atoms with E-state index in [4.69, 9.17) is 4.74 Å². The van der Waals surface area contributed by atoms with Crippen LogP contribution in [0.4, 0.5) is 0 Å². The van der Waals surface area contributed by atoms with Crippen LogP contribution in [0.25, 0.3) is 0 Å². The Hall–Kier alpha value is -1.96. The molecule has 0 atom stereocenters. The van der Waals surface area contributed by atoms with Crippen molar-refractivity contribution in [3.8, 4) is 5.75 Å². The summed E-state index contributed by atoms with van der Waals surface area (Å²) in [6.07, 6.45) is 3.56. The molecule has 3 rings (SSSR count). The fourth-order valence-corrected chi connectivity index (χ4v) is 4.66. The zero-order valence-corrected chi connectivity index (χ0v) is 15.4. The van der Waals surface area contributed by atoms with Crippen LogP contribution < -0.4 is 4.74 Å². The van der Waals surface area contributed by atoms with Gasteiger partial charge < -0.3 is 4.74 Å². The monoisotopic (exact) mass is 361 g/mol. The topological polar surface area (TPSA) is 62.7 Å². The summed E-state index contributed by atoms with van der Waals surface area (Å²) in [4.78, 5) is 6.53. The Balaban J connectivity index is 1.71. The summed E-state index contributed by atoms with van der Waals surface area (Å²) in [5, 5.41) is 0. The van der Waals surface area contributed by atoms with Crippen molar-refractivity contribution in [2.75, 3.05) is 33.3 Å². The fourth-order valence-electron chi connectivity index (χ4n) is 3.00. The summed E-state index contributed by atoms with van der Waals surface area (Å²) >= 11 is 0. The summed E-state index contributed by atoms with van der Waals surface area (Å²) in [5.74, 6) is 0.393. The van der Waals surface area contributed by atoms with E-state index in [0.717, 1.165) is 12.1 Å². The number of pyridine rings is 1. The van der Waals surface area contributed by atoms with E-state index in [1.807, 2.05) is 25.1 Å². The Kier molecular flexibility index (Phi) is 5.36. The summed E-state index contributed by atoms with van der Waals surface area (Å²) in [5.41, 5.74) is 2.09. The van der Waals surface area contributed by atoms with Crippen LogP contribution >= 0.6 is 0 Å². The molecule has 134 valence electrons. The zero-order chi connectivity index (χ0) is 17.9. The lowest BCUT2D eigenvalue weighted by Crippen LogP contribution is -2.48. The number of ether oxygens (including phenoxy) is 1. The van der Waals surface area contributed by atoms with Crippen molar-refractivity contribution in [1.29, 1.82) is 0 Å². The lowest BCUT2D eigenvalue weighted by Gasteiger charge is -2.34. The molecule has 0 aliphatic carbocycles. The molecule has 1 saturated heterocycles. The van der Waals surface area contributed by atoms with Gasteiger partial charge in [-0.3, -0.25) is 9.88 Å². The molecule has 0 N–H and O–H groups in total. The van der Waals surface area contributed by atoms with E-state index in [2.05, 4.69) is 9.88 Å². The third-order valence-corrected chi connectivity index (χ3v) is 6.34. The van der Waals surface area contributed by atoms with Gasteiger partial charge in [0.2, 0.25) is 10.0 Å². The number of sulfonamides is 1. The third kappa shape index (κ3) is 4.00. The molecular formula is C18H23N3O3S. The standard InChI is InChI=1S/C18H23N3O3S/c1-15-3-4-17(24-2)18(13-15)25(22,23)21-11-9-20(10-12-21)14-16-5-7-19-8-6-16/h3-8,13H,9-12,14H2,1-2H3. The van der Waals surface area contributed by atoms with E-state index in [1.54, 1.807) is 28.8 Å². The van der Waals surface area contributed by atoms with E-state index in [9.17, 15) is 8.42 Å². The van der Waals surface area contributed by atoms with Crippen molar-refractivity contribution in [2.24, 2.45) is 0 Å². The van der Waals surface area contributed by atoms with E-state index >= 15 is 0 Å². The molecular weight excluding hydrogens is 338 g/mol. The van der Waals surface area contributed by atoms with Crippen LogP contribution in [0.1, 0.15) is 11.1 Å². The summed E-state index contributed by atoms with van der Waals surface area (Å²) < 4.78 is 32.8. The molecule has 25 heavy (non-hydrogen) atoms. The van der Waals surface area contributed by atoms with E-state index < -0.39 is 10.0 Å². The molecule has 0 spiro atoms. The average Bonchev–Trinajstić information content (AvgIpc) is 2.63.